The normalized spacial score (nSPS) is 11.9. The van der Waals surface area contributed by atoms with Crippen molar-refractivity contribution in [2.75, 3.05) is 19.5 Å². The molecule has 0 aliphatic carbocycles. The van der Waals surface area contributed by atoms with Gasteiger partial charge in [0, 0.05) is 5.69 Å². The predicted molar refractivity (Wildman–Crippen MR) is 143 cm³/mol. The number of anilines is 1. The van der Waals surface area contributed by atoms with Crippen molar-refractivity contribution in [3.63, 3.8) is 0 Å². The Hall–Kier alpha value is -4.02. The molecule has 0 radical (unpaired) electrons. The highest BCUT2D eigenvalue weighted by Crippen LogP contribution is 2.23. The van der Waals surface area contributed by atoms with Crippen LogP contribution in [-0.2, 0) is 30.7 Å². The first-order valence-corrected chi connectivity index (χ1v) is 13.2. The van der Waals surface area contributed by atoms with Crippen molar-refractivity contribution in [1.82, 2.24) is 4.72 Å². The van der Waals surface area contributed by atoms with Crippen molar-refractivity contribution in [1.29, 1.82) is 0 Å². The molecule has 0 bridgehead atoms. The molecule has 0 unspecified atom stereocenters. The molecule has 1 amide bonds. The molecule has 1 atom stereocenters. The maximum Gasteiger partial charge on any atom is 0.337 e. The highest BCUT2D eigenvalue weighted by Gasteiger charge is 2.29. The van der Waals surface area contributed by atoms with E-state index in [-0.39, 0.29) is 28.1 Å². The molecule has 0 saturated heterocycles. The lowest BCUT2D eigenvalue weighted by Gasteiger charge is -2.21. The number of sulfonamides is 1. The highest BCUT2D eigenvalue weighted by molar-refractivity contribution is 7.89. The zero-order chi connectivity index (χ0) is 28.0. The second-order valence-electron chi connectivity index (χ2n) is 8.86. The summed E-state index contributed by atoms with van der Waals surface area (Å²) in [7, 11) is -1.73. The van der Waals surface area contributed by atoms with E-state index in [0.29, 0.717) is 11.1 Å². The summed E-state index contributed by atoms with van der Waals surface area (Å²) in [6.45, 7) is 5.28. The molecule has 200 valence electrons. The Balaban J connectivity index is 2.00. The van der Waals surface area contributed by atoms with Gasteiger partial charge in [-0.3, -0.25) is 4.79 Å². The molecule has 10 heteroatoms. The van der Waals surface area contributed by atoms with Crippen LogP contribution in [0.3, 0.4) is 0 Å². The van der Waals surface area contributed by atoms with Gasteiger partial charge in [-0.25, -0.2) is 18.0 Å². The smallest absolute Gasteiger partial charge is 0.337 e. The van der Waals surface area contributed by atoms with Gasteiger partial charge in [-0.15, -0.1) is 0 Å². The molecule has 0 fully saturated rings. The summed E-state index contributed by atoms with van der Waals surface area (Å²) in [5.41, 5.74) is 2.88. The number of hydrogen-bond donors (Lipinski definition) is 2. The lowest BCUT2D eigenvalue weighted by Crippen LogP contribution is -2.45. The van der Waals surface area contributed by atoms with Crippen LogP contribution in [0.5, 0.6) is 0 Å². The molecule has 0 aromatic heterocycles. The van der Waals surface area contributed by atoms with Crippen molar-refractivity contribution in [2.45, 2.75) is 38.1 Å². The van der Waals surface area contributed by atoms with Gasteiger partial charge in [0.25, 0.3) is 0 Å². The van der Waals surface area contributed by atoms with Gasteiger partial charge in [0.1, 0.15) is 6.04 Å². The summed E-state index contributed by atoms with van der Waals surface area (Å²) in [5, 5.41) is 2.63. The van der Waals surface area contributed by atoms with Crippen molar-refractivity contribution in [3.05, 3.63) is 94.0 Å². The van der Waals surface area contributed by atoms with Crippen LogP contribution >= 0.6 is 0 Å². The van der Waals surface area contributed by atoms with E-state index in [9.17, 15) is 22.8 Å². The van der Waals surface area contributed by atoms with E-state index in [2.05, 4.69) is 10.0 Å². The third kappa shape index (κ3) is 6.84. The maximum atomic E-state index is 13.5. The summed E-state index contributed by atoms with van der Waals surface area (Å²) in [4.78, 5) is 37.9. The maximum absolute atomic E-state index is 13.5. The molecule has 3 aromatic rings. The van der Waals surface area contributed by atoms with E-state index in [1.807, 2.05) is 13.0 Å². The average Bonchev–Trinajstić information content (AvgIpc) is 2.86. The molecule has 38 heavy (non-hydrogen) atoms. The van der Waals surface area contributed by atoms with Crippen LogP contribution in [0.4, 0.5) is 5.69 Å². The number of amides is 1. The predicted octanol–water partition coefficient (Wildman–Crippen LogP) is 3.71. The molecule has 9 nitrogen and oxygen atoms in total. The van der Waals surface area contributed by atoms with Crippen molar-refractivity contribution < 1.29 is 32.3 Å². The van der Waals surface area contributed by atoms with Gasteiger partial charge in [-0.2, -0.15) is 4.72 Å². The molecule has 3 aromatic carbocycles. The van der Waals surface area contributed by atoms with Crippen LogP contribution in [0, 0.1) is 20.8 Å². The number of benzene rings is 3. The van der Waals surface area contributed by atoms with E-state index >= 15 is 0 Å². The number of rotatable bonds is 9. The quantitative estimate of drug-likeness (QED) is 0.398. The van der Waals surface area contributed by atoms with E-state index < -0.39 is 33.9 Å². The van der Waals surface area contributed by atoms with Gasteiger partial charge in [0.05, 0.1) is 30.2 Å². The number of carbonyl (C=O) groups is 3. The SMILES string of the molecule is COC(=O)c1cc(NC(=O)[C@@H](Cc2ccccc2)NS(=O)(=O)c2c(C)cc(C)cc2C)cc(C(=O)OC)c1. The zero-order valence-corrected chi connectivity index (χ0v) is 22.6. The van der Waals surface area contributed by atoms with Crippen LogP contribution in [0.15, 0.2) is 65.6 Å². The molecule has 3 rings (SSSR count). The summed E-state index contributed by atoms with van der Waals surface area (Å²) < 4.78 is 39.0. The number of esters is 2. The minimum absolute atomic E-state index is 0.0109. The largest absolute Gasteiger partial charge is 0.465 e. The van der Waals surface area contributed by atoms with Crippen LogP contribution in [0.1, 0.15) is 43.0 Å². The first-order valence-electron chi connectivity index (χ1n) is 11.7. The summed E-state index contributed by atoms with van der Waals surface area (Å²) in [5.74, 6) is -2.13. The van der Waals surface area contributed by atoms with Crippen LogP contribution in [0.2, 0.25) is 0 Å². The Morgan fingerprint density at radius 2 is 1.34 bits per heavy atom. The van der Waals surface area contributed by atoms with Gasteiger partial charge in [-0.1, -0.05) is 48.0 Å². The molecule has 0 aliphatic rings. The molecule has 0 saturated carbocycles. The van der Waals surface area contributed by atoms with E-state index in [4.69, 9.17) is 9.47 Å². The lowest BCUT2D eigenvalue weighted by atomic mass is 10.1. The second kappa shape index (κ2) is 12.0. The third-order valence-corrected chi connectivity index (χ3v) is 7.59. The monoisotopic (exact) mass is 538 g/mol. The number of aryl methyl sites for hydroxylation is 3. The summed E-state index contributed by atoms with van der Waals surface area (Å²) >= 11 is 0. The number of methoxy groups -OCH3 is 2. The second-order valence-corrected chi connectivity index (χ2v) is 10.5. The molecular formula is C28H30N2O7S. The number of carbonyl (C=O) groups excluding carboxylic acids is 3. The fourth-order valence-electron chi connectivity index (χ4n) is 4.28. The van der Waals surface area contributed by atoms with E-state index in [0.717, 1.165) is 11.1 Å². The van der Waals surface area contributed by atoms with Crippen LogP contribution in [0.25, 0.3) is 0 Å². The molecule has 0 spiro atoms. The molecule has 0 aliphatic heterocycles. The van der Waals surface area contributed by atoms with Crippen molar-refractivity contribution >= 4 is 33.6 Å². The van der Waals surface area contributed by atoms with Crippen LogP contribution < -0.4 is 10.0 Å². The highest BCUT2D eigenvalue weighted by atomic mass is 32.2. The molecule has 2 N–H and O–H groups in total. The lowest BCUT2D eigenvalue weighted by molar-refractivity contribution is -0.117. The van der Waals surface area contributed by atoms with Gasteiger partial charge in [0.2, 0.25) is 15.9 Å². The first-order chi connectivity index (χ1) is 17.9. The van der Waals surface area contributed by atoms with Gasteiger partial charge < -0.3 is 14.8 Å². The summed E-state index contributed by atoms with van der Waals surface area (Å²) in [6, 6.07) is 15.2. The van der Waals surface area contributed by atoms with Crippen molar-refractivity contribution in [2.24, 2.45) is 0 Å². The minimum atomic E-state index is -4.11. The first kappa shape index (κ1) is 28.5. The standard InChI is InChI=1S/C28H30N2O7S/c1-17-11-18(2)25(19(3)12-17)38(34,35)30-24(13-20-9-7-6-8-10-20)26(31)29-23-15-21(27(32)36-4)14-22(16-23)28(33)37-5/h6-12,14-16,24,30H,13H2,1-5H3,(H,29,31)/t24-/m1/s1. The Morgan fingerprint density at radius 1 is 0.816 bits per heavy atom. The van der Waals surface area contributed by atoms with Crippen molar-refractivity contribution in [3.8, 4) is 0 Å². The van der Waals surface area contributed by atoms with Gasteiger partial charge >= 0.3 is 11.9 Å². The molecular weight excluding hydrogens is 508 g/mol. The van der Waals surface area contributed by atoms with Gasteiger partial charge in [0.15, 0.2) is 0 Å². The number of ether oxygens (including phenoxy) is 2. The van der Waals surface area contributed by atoms with Gasteiger partial charge in [-0.05, 0) is 62.1 Å². The number of nitrogens with one attached hydrogen (secondary N) is 2. The zero-order valence-electron chi connectivity index (χ0n) is 21.8. The topological polar surface area (TPSA) is 128 Å². The van der Waals surface area contributed by atoms with E-state index in [1.54, 1.807) is 50.2 Å². The average molecular weight is 539 g/mol. The van der Waals surface area contributed by atoms with E-state index in [1.165, 1.54) is 32.4 Å². The minimum Gasteiger partial charge on any atom is -0.465 e. The number of hydrogen-bond acceptors (Lipinski definition) is 7. The Labute approximate surface area is 222 Å². The molecule has 0 heterocycles. The Bertz CT molecular complexity index is 1410. The third-order valence-electron chi connectivity index (χ3n) is 5.81. The fourth-order valence-corrected chi connectivity index (χ4v) is 5.92. The Morgan fingerprint density at radius 3 is 1.84 bits per heavy atom. The van der Waals surface area contributed by atoms with Crippen LogP contribution in [-0.4, -0.2) is 46.5 Å². The Kier molecular flexibility index (Phi) is 9.03. The summed E-state index contributed by atoms with van der Waals surface area (Å²) in [6.07, 6.45) is 0.0520. The fraction of sp³-hybridized carbons (Fsp3) is 0.250.